The lowest BCUT2D eigenvalue weighted by Gasteiger charge is -2.39. The van der Waals surface area contributed by atoms with Crippen molar-refractivity contribution in [2.75, 3.05) is 0 Å². The van der Waals surface area contributed by atoms with Gasteiger partial charge in [-0.15, -0.1) is 0 Å². The molecule has 1 saturated carbocycles. The maximum atomic E-state index is 8.97. The van der Waals surface area contributed by atoms with Gasteiger partial charge >= 0.3 is 0 Å². The molecule has 7 nitrogen and oxygen atoms in total. The van der Waals surface area contributed by atoms with Crippen molar-refractivity contribution in [1.29, 1.82) is 0 Å². The van der Waals surface area contributed by atoms with Gasteiger partial charge in [0.25, 0.3) is 0 Å². The fraction of sp³-hybridized carbons (Fsp3) is 1.00. The Kier molecular flexibility index (Phi) is 4.20. The molecule has 0 aromatic carbocycles. The number of rotatable bonds is 0. The maximum Gasteiger partial charge on any atom is 0.111 e. The van der Waals surface area contributed by atoms with Crippen molar-refractivity contribution < 1.29 is 30.6 Å². The monoisotopic (exact) mass is 197 g/mol. The molecular weight excluding hydrogens is 182 g/mol. The Labute approximate surface area is 74.5 Å². The van der Waals surface area contributed by atoms with Gasteiger partial charge in [0.15, 0.2) is 0 Å². The Bertz CT molecular complexity index is 109. The molecule has 0 atom stereocenters. The van der Waals surface area contributed by atoms with E-state index in [-0.39, 0.29) is 6.15 Å². The molecule has 0 amide bonds. The van der Waals surface area contributed by atoms with E-state index in [9.17, 15) is 0 Å². The lowest BCUT2D eigenvalue weighted by Crippen LogP contribution is -2.63. The average Bonchev–Trinajstić information content (AvgIpc) is 2.08. The van der Waals surface area contributed by atoms with E-state index in [1.165, 1.54) is 0 Å². The summed E-state index contributed by atoms with van der Waals surface area (Å²) in [5.74, 6) is 0. The molecule has 0 aromatic heterocycles. The Morgan fingerprint density at radius 1 is 0.385 bits per heavy atom. The smallest absolute Gasteiger partial charge is 0.111 e. The van der Waals surface area contributed by atoms with Crippen molar-refractivity contribution >= 4 is 0 Å². The van der Waals surface area contributed by atoms with Gasteiger partial charge in [0.05, 0.1) is 0 Å². The van der Waals surface area contributed by atoms with Crippen molar-refractivity contribution in [3.63, 3.8) is 0 Å². The van der Waals surface area contributed by atoms with E-state index >= 15 is 0 Å². The zero-order valence-corrected chi connectivity index (χ0v) is 6.85. The fourth-order valence-electron chi connectivity index (χ4n) is 1.21. The van der Waals surface area contributed by atoms with Gasteiger partial charge in [-0.2, -0.15) is 0 Å². The summed E-state index contributed by atoms with van der Waals surface area (Å²) in [6, 6.07) is 0. The first-order chi connectivity index (χ1) is 5.46. The Hall–Kier alpha value is -0.280. The first kappa shape index (κ1) is 12.7. The normalized spacial score (nSPS) is 51.2. The van der Waals surface area contributed by atoms with E-state index < -0.39 is 36.6 Å². The summed E-state index contributed by atoms with van der Waals surface area (Å²) in [4.78, 5) is 0. The molecule has 0 aliphatic heterocycles. The molecule has 1 fully saturated rings. The zero-order chi connectivity index (χ0) is 9.46. The third-order valence-corrected chi connectivity index (χ3v) is 2.10. The van der Waals surface area contributed by atoms with Gasteiger partial charge in [0.2, 0.25) is 0 Å². The van der Waals surface area contributed by atoms with Crippen molar-refractivity contribution in [1.82, 2.24) is 6.15 Å². The first-order valence-corrected chi connectivity index (χ1v) is 3.55. The lowest BCUT2D eigenvalue weighted by atomic mass is 9.85. The SMILES string of the molecule is N.OC1C(O)C(O)C(O)C(O)C1O. The molecule has 0 spiro atoms. The van der Waals surface area contributed by atoms with Crippen molar-refractivity contribution in [2.45, 2.75) is 36.6 Å². The summed E-state index contributed by atoms with van der Waals surface area (Å²) >= 11 is 0. The van der Waals surface area contributed by atoms with Crippen LogP contribution in [-0.4, -0.2) is 67.3 Å². The van der Waals surface area contributed by atoms with E-state index in [0.717, 1.165) is 0 Å². The molecule has 80 valence electrons. The van der Waals surface area contributed by atoms with E-state index in [4.69, 9.17) is 30.6 Å². The third kappa shape index (κ3) is 1.97. The summed E-state index contributed by atoms with van der Waals surface area (Å²) in [5, 5.41) is 53.8. The van der Waals surface area contributed by atoms with Crippen LogP contribution in [0.5, 0.6) is 0 Å². The topological polar surface area (TPSA) is 156 Å². The molecular formula is C6H15NO6. The van der Waals surface area contributed by atoms with Crippen LogP contribution in [0.2, 0.25) is 0 Å². The van der Waals surface area contributed by atoms with Gasteiger partial charge in [-0.25, -0.2) is 0 Å². The summed E-state index contributed by atoms with van der Waals surface area (Å²) in [6.07, 6.45) is -9.84. The van der Waals surface area contributed by atoms with E-state index in [2.05, 4.69) is 0 Å². The highest BCUT2D eigenvalue weighted by Gasteiger charge is 2.47. The van der Waals surface area contributed by atoms with Crippen molar-refractivity contribution in [3.8, 4) is 0 Å². The Morgan fingerprint density at radius 3 is 0.538 bits per heavy atom. The molecule has 13 heavy (non-hydrogen) atoms. The number of aliphatic hydroxyl groups is 6. The minimum Gasteiger partial charge on any atom is -0.387 e. The van der Waals surface area contributed by atoms with Gasteiger partial charge < -0.3 is 36.8 Å². The van der Waals surface area contributed by atoms with Crippen molar-refractivity contribution in [3.05, 3.63) is 0 Å². The summed E-state index contributed by atoms with van der Waals surface area (Å²) in [5.41, 5.74) is 0. The average molecular weight is 197 g/mol. The van der Waals surface area contributed by atoms with Crippen LogP contribution >= 0.6 is 0 Å². The predicted octanol–water partition coefficient (Wildman–Crippen LogP) is -3.67. The van der Waals surface area contributed by atoms with Gasteiger partial charge in [-0.1, -0.05) is 0 Å². The highest BCUT2D eigenvalue weighted by Crippen LogP contribution is 2.20. The van der Waals surface area contributed by atoms with Gasteiger partial charge in [0.1, 0.15) is 36.6 Å². The van der Waals surface area contributed by atoms with Gasteiger partial charge in [-0.3, -0.25) is 0 Å². The number of aliphatic hydroxyl groups excluding tert-OH is 6. The van der Waals surface area contributed by atoms with Crippen molar-refractivity contribution in [2.24, 2.45) is 0 Å². The first-order valence-electron chi connectivity index (χ1n) is 3.55. The van der Waals surface area contributed by atoms with Crippen LogP contribution in [0, 0.1) is 0 Å². The highest BCUT2D eigenvalue weighted by molar-refractivity contribution is 4.98. The zero-order valence-electron chi connectivity index (χ0n) is 6.85. The largest absolute Gasteiger partial charge is 0.387 e. The Balaban J connectivity index is 0.00000144. The fourth-order valence-corrected chi connectivity index (χ4v) is 1.21. The molecule has 0 radical (unpaired) electrons. The molecule has 0 bridgehead atoms. The number of hydrogen-bond acceptors (Lipinski definition) is 7. The van der Waals surface area contributed by atoms with E-state index in [0.29, 0.717) is 0 Å². The van der Waals surface area contributed by atoms with Crippen LogP contribution in [0.1, 0.15) is 0 Å². The van der Waals surface area contributed by atoms with Crippen LogP contribution in [0.3, 0.4) is 0 Å². The lowest BCUT2D eigenvalue weighted by molar-refractivity contribution is -0.223. The highest BCUT2D eigenvalue weighted by atomic mass is 16.4. The minimum absolute atomic E-state index is 0. The number of hydrogen-bond donors (Lipinski definition) is 7. The van der Waals surface area contributed by atoms with Gasteiger partial charge in [-0.05, 0) is 0 Å². The molecule has 0 heterocycles. The van der Waals surface area contributed by atoms with E-state index in [1.54, 1.807) is 0 Å². The predicted molar refractivity (Wildman–Crippen MR) is 41.1 cm³/mol. The standard InChI is InChI=1S/C6H12O6.H3N/c7-1-2(8)4(10)6(12)5(11)3(1)9;/h1-12H;1H3. The van der Waals surface area contributed by atoms with Crippen LogP contribution in [0.25, 0.3) is 0 Å². The summed E-state index contributed by atoms with van der Waals surface area (Å²) < 4.78 is 0. The second-order valence-electron chi connectivity index (χ2n) is 2.94. The quantitative estimate of drug-likeness (QED) is 0.211. The second-order valence-corrected chi connectivity index (χ2v) is 2.94. The molecule has 0 saturated heterocycles. The van der Waals surface area contributed by atoms with Crippen LogP contribution in [-0.2, 0) is 0 Å². The molecule has 7 heteroatoms. The van der Waals surface area contributed by atoms with Crippen LogP contribution in [0.15, 0.2) is 0 Å². The van der Waals surface area contributed by atoms with Crippen LogP contribution in [0.4, 0.5) is 0 Å². The van der Waals surface area contributed by atoms with E-state index in [1.807, 2.05) is 0 Å². The minimum atomic E-state index is -1.64. The molecule has 9 N–H and O–H groups in total. The van der Waals surface area contributed by atoms with Gasteiger partial charge in [0, 0.05) is 0 Å². The Morgan fingerprint density at radius 2 is 0.462 bits per heavy atom. The summed E-state index contributed by atoms with van der Waals surface area (Å²) in [7, 11) is 0. The third-order valence-electron chi connectivity index (χ3n) is 2.10. The van der Waals surface area contributed by atoms with Crippen LogP contribution < -0.4 is 6.15 Å². The second kappa shape index (κ2) is 4.29. The maximum absolute atomic E-state index is 8.97. The molecule has 1 aliphatic rings. The molecule has 0 unspecified atom stereocenters. The molecule has 0 aromatic rings. The molecule has 1 aliphatic carbocycles. The molecule has 1 rings (SSSR count). The summed E-state index contributed by atoms with van der Waals surface area (Å²) in [6.45, 7) is 0.